The van der Waals surface area contributed by atoms with Crippen molar-refractivity contribution in [1.29, 1.82) is 0 Å². The molecule has 2 heteroatoms. The number of carbonyl (C=O) groups excluding carboxylic acids is 1. The van der Waals surface area contributed by atoms with E-state index in [1.807, 2.05) is 0 Å². The van der Waals surface area contributed by atoms with Crippen molar-refractivity contribution in [1.82, 2.24) is 4.90 Å². The van der Waals surface area contributed by atoms with Gasteiger partial charge in [0, 0.05) is 5.92 Å². The predicted octanol–water partition coefficient (Wildman–Crippen LogP) is 2.48. The minimum atomic E-state index is 0.228. The lowest BCUT2D eigenvalue weighted by atomic mass is 9.90. The highest BCUT2D eigenvalue weighted by molar-refractivity contribution is 5.86. The zero-order valence-electron chi connectivity index (χ0n) is 9.75. The third kappa shape index (κ3) is 2.57. The van der Waals surface area contributed by atoms with Crippen molar-refractivity contribution in [2.24, 2.45) is 5.92 Å². The molecule has 1 aliphatic rings. The zero-order valence-corrected chi connectivity index (χ0v) is 9.75. The molecule has 0 amide bonds. The number of likely N-dealkylation sites (tertiary alicyclic amines) is 1. The second-order valence-electron chi connectivity index (χ2n) is 4.43. The average molecular weight is 197 g/mol. The Morgan fingerprint density at radius 1 is 1.50 bits per heavy atom. The molecule has 0 aromatic rings. The first-order valence-corrected chi connectivity index (χ1v) is 5.94. The van der Waals surface area contributed by atoms with Crippen molar-refractivity contribution in [2.75, 3.05) is 13.6 Å². The van der Waals surface area contributed by atoms with Gasteiger partial charge in [-0.15, -0.1) is 0 Å². The van der Waals surface area contributed by atoms with Crippen LogP contribution in [0.3, 0.4) is 0 Å². The highest BCUT2D eigenvalue weighted by Crippen LogP contribution is 2.22. The summed E-state index contributed by atoms with van der Waals surface area (Å²) in [6, 6.07) is 0.228. The van der Waals surface area contributed by atoms with Gasteiger partial charge in [0.15, 0.2) is 5.78 Å². The summed E-state index contributed by atoms with van der Waals surface area (Å²) in [5.74, 6) is 0.805. The molecule has 0 radical (unpaired) electrons. The highest BCUT2D eigenvalue weighted by Gasteiger charge is 2.31. The first kappa shape index (κ1) is 11.7. The van der Waals surface area contributed by atoms with Crippen LogP contribution < -0.4 is 0 Å². The highest BCUT2D eigenvalue weighted by atomic mass is 16.1. The van der Waals surface area contributed by atoms with E-state index in [1.165, 1.54) is 6.42 Å². The average Bonchev–Trinajstić information content (AvgIpc) is 2.59. The summed E-state index contributed by atoms with van der Waals surface area (Å²) in [7, 11) is 2.08. The first-order valence-electron chi connectivity index (χ1n) is 5.94. The molecule has 1 aliphatic heterocycles. The van der Waals surface area contributed by atoms with Gasteiger partial charge in [-0.2, -0.15) is 0 Å². The van der Waals surface area contributed by atoms with E-state index in [1.54, 1.807) is 0 Å². The normalized spacial score (nSPS) is 25.2. The van der Waals surface area contributed by atoms with Crippen molar-refractivity contribution in [3.05, 3.63) is 0 Å². The van der Waals surface area contributed by atoms with E-state index < -0.39 is 0 Å². The predicted molar refractivity (Wildman–Crippen MR) is 59.3 cm³/mol. The fourth-order valence-electron chi connectivity index (χ4n) is 2.44. The molecule has 1 fully saturated rings. The van der Waals surface area contributed by atoms with Crippen LogP contribution in [0.1, 0.15) is 46.0 Å². The van der Waals surface area contributed by atoms with E-state index in [2.05, 4.69) is 25.8 Å². The van der Waals surface area contributed by atoms with Crippen LogP contribution in [0.2, 0.25) is 0 Å². The number of rotatable bonds is 5. The zero-order chi connectivity index (χ0) is 10.6. The van der Waals surface area contributed by atoms with Gasteiger partial charge in [0.05, 0.1) is 6.04 Å². The SMILES string of the molecule is CCCC(CC)C(=O)[C@H]1CCCN1C. The van der Waals surface area contributed by atoms with Crippen molar-refractivity contribution in [3.8, 4) is 0 Å². The summed E-state index contributed by atoms with van der Waals surface area (Å²) in [5, 5.41) is 0. The van der Waals surface area contributed by atoms with Gasteiger partial charge in [-0.1, -0.05) is 20.3 Å². The molecular weight excluding hydrogens is 174 g/mol. The maximum atomic E-state index is 12.1. The van der Waals surface area contributed by atoms with Crippen LogP contribution in [0.25, 0.3) is 0 Å². The fraction of sp³-hybridized carbons (Fsp3) is 0.917. The van der Waals surface area contributed by atoms with Gasteiger partial charge >= 0.3 is 0 Å². The molecule has 14 heavy (non-hydrogen) atoms. The summed E-state index contributed by atoms with van der Waals surface area (Å²) in [6.45, 7) is 5.39. The van der Waals surface area contributed by atoms with Crippen LogP contribution in [0.5, 0.6) is 0 Å². The van der Waals surface area contributed by atoms with Crippen LogP contribution in [0.4, 0.5) is 0 Å². The number of carbonyl (C=O) groups is 1. The molecule has 0 spiro atoms. The third-order valence-corrected chi connectivity index (χ3v) is 3.38. The summed E-state index contributed by atoms with van der Waals surface area (Å²) in [6.07, 6.45) is 5.47. The molecule has 1 rings (SSSR count). The van der Waals surface area contributed by atoms with E-state index in [0.717, 1.165) is 32.2 Å². The van der Waals surface area contributed by atoms with Crippen LogP contribution in [-0.4, -0.2) is 30.3 Å². The number of hydrogen-bond acceptors (Lipinski definition) is 2. The molecule has 0 N–H and O–H groups in total. The number of Topliss-reactive ketones (excluding diaryl/α,β-unsaturated/α-hetero) is 1. The maximum absolute atomic E-state index is 12.1. The molecule has 0 saturated carbocycles. The Morgan fingerprint density at radius 3 is 2.64 bits per heavy atom. The Kier molecular flexibility index (Phi) is 4.59. The largest absolute Gasteiger partial charge is 0.298 e. The lowest BCUT2D eigenvalue weighted by molar-refractivity contribution is -0.127. The monoisotopic (exact) mass is 197 g/mol. The van der Waals surface area contributed by atoms with E-state index in [-0.39, 0.29) is 6.04 Å². The molecule has 1 heterocycles. The molecular formula is C12H23NO. The molecule has 1 saturated heterocycles. The number of ketones is 1. The quantitative estimate of drug-likeness (QED) is 0.675. The van der Waals surface area contributed by atoms with Crippen molar-refractivity contribution in [2.45, 2.75) is 52.0 Å². The standard InChI is InChI=1S/C12H23NO/c1-4-7-10(5-2)12(14)11-8-6-9-13(11)3/h10-11H,4-9H2,1-3H3/t10?,11-/m1/s1. The second kappa shape index (κ2) is 5.50. The van der Waals surface area contributed by atoms with Crippen molar-refractivity contribution >= 4 is 5.78 Å². The van der Waals surface area contributed by atoms with Crippen molar-refractivity contribution in [3.63, 3.8) is 0 Å². The molecule has 1 unspecified atom stereocenters. The number of nitrogens with zero attached hydrogens (tertiary/aromatic N) is 1. The van der Waals surface area contributed by atoms with Crippen LogP contribution in [-0.2, 0) is 4.79 Å². The summed E-state index contributed by atoms with van der Waals surface area (Å²) in [4.78, 5) is 14.4. The molecule has 2 nitrogen and oxygen atoms in total. The third-order valence-electron chi connectivity index (χ3n) is 3.38. The lowest BCUT2D eigenvalue weighted by Crippen LogP contribution is -2.36. The van der Waals surface area contributed by atoms with E-state index >= 15 is 0 Å². The maximum Gasteiger partial charge on any atom is 0.153 e. The minimum absolute atomic E-state index is 0.228. The number of hydrogen-bond donors (Lipinski definition) is 0. The van der Waals surface area contributed by atoms with Gasteiger partial charge in [0.1, 0.15) is 0 Å². The fourth-order valence-corrected chi connectivity index (χ4v) is 2.44. The molecule has 82 valence electrons. The minimum Gasteiger partial charge on any atom is -0.298 e. The van der Waals surface area contributed by atoms with Crippen molar-refractivity contribution < 1.29 is 4.79 Å². The molecule has 0 aromatic carbocycles. The Hall–Kier alpha value is -0.370. The van der Waals surface area contributed by atoms with Crippen LogP contribution >= 0.6 is 0 Å². The van der Waals surface area contributed by atoms with E-state index in [0.29, 0.717) is 11.7 Å². The van der Waals surface area contributed by atoms with E-state index in [4.69, 9.17) is 0 Å². The van der Waals surface area contributed by atoms with E-state index in [9.17, 15) is 4.79 Å². The summed E-state index contributed by atoms with van der Waals surface area (Å²) < 4.78 is 0. The Morgan fingerprint density at radius 2 is 2.21 bits per heavy atom. The number of likely N-dealkylation sites (N-methyl/N-ethyl adjacent to an activating group) is 1. The van der Waals surface area contributed by atoms with Crippen LogP contribution in [0.15, 0.2) is 0 Å². The Bertz CT molecular complexity index is 191. The van der Waals surface area contributed by atoms with Gasteiger partial charge in [0.2, 0.25) is 0 Å². The lowest BCUT2D eigenvalue weighted by Gasteiger charge is -2.22. The topological polar surface area (TPSA) is 20.3 Å². The molecule has 0 aliphatic carbocycles. The van der Waals surface area contributed by atoms with Gasteiger partial charge in [-0.3, -0.25) is 9.69 Å². The summed E-state index contributed by atoms with van der Waals surface area (Å²) in [5.41, 5.74) is 0. The molecule has 0 bridgehead atoms. The summed E-state index contributed by atoms with van der Waals surface area (Å²) >= 11 is 0. The Labute approximate surface area is 87.7 Å². The molecule has 2 atom stereocenters. The van der Waals surface area contributed by atoms with Gasteiger partial charge in [-0.05, 0) is 39.3 Å². The Balaban J connectivity index is 2.52. The first-order chi connectivity index (χ1) is 6.70. The molecule has 0 aromatic heterocycles. The second-order valence-corrected chi connectivity index (χ2v) is 4.43. The van der Waals surface area contributed by atoms with Gasteiger partial charge in [-0.25, -0.2) is 0 Å². The van der Waals surface area contributed by atoms with Gasteiger partial charge in [0.25, 0.3) is 0 Å². The smallest absolute Gasteiger partial charge is 0.153 e. The van der Waals surface area contributed by atoms with Gasteiger partial charge < -0.3 is 0 Å². The van der Waals surface area contributed by atoms with Crippen LogP contribution in [0, 0.1) is 5.92 Å².